The average molecular weight is 337 g/mol. The van der Waals surface area contributed by atoms with Gasteiger partial charge in [0.25, 0.3) is 0 Å². The maximum atomic E-state index is 4.84. The highest BCUT2D eigenvalue weighted by molar-refractivity contribution is 7.14. The highest BCUT2D eigenvalue weighted by Gasteiger charge is 2.18. The van der Waals surface area contributed by atoms with Crippen LogP contribution in [0.15, 0.2) is 54.0 Å². The molecule has 122 valence electrons. The molecule has 24 heavy (non-hydrogen) atoms. The predicted molar refractivity (Wildman–Crippen MR) is 98.6 cm³/mol. The number of nitrogens with zero attached hydrogens (tertiary/aromatic N) is 5. The minimum absolute atomic E-state index is 0.943. The van der Waals surface area contributed by atoms with Crippen molar-refractivity contribution in [2.75, 3.05) is 36.0 Å². The van der Waals surface area contributed by atoms with Gasteiger partial charge in [-0.3, -0.25) is 0 Å². The topological polar surface area (TPSA) is 45.2 Å². The van der Waals surface area contributed by atoms with E-state index in [-0.39, 0.29) is 0 Å². The molecule has 5 nitrogen and oxygen atoms in total. The lowest BCUT2D eigenvalue weighted by Gasteiger charge is -2.21. The monoisotopic (exact) mass is 337 g/mol. The molecule has 0 spiro atoms. The Morgan fingerprint density at radius 2 is 1.71 bits per heavy atom. The number of aromatic nitrogens is 3. The van der Waals surface area contributed by atoms with Crippen molar-refractivity contribution in [3.05, 3.63) is 54.0 Å². The molecule has 0 bridgehead atoms. The van der Waals surface area contributed by atoms with Gasteiger partial charge in [0.1, 0.15) is 0 Å². The fraction of sp³-hybridized carbons (Fsp3) is 0.278. The number of thiazole rings is 1. The zero-order valence-corrected chi connectivity index (χ0v) is 14.2. The second-order valence-corrected chi connectivity index (χ2v) is 6.63. The van der Waals surface area contributed by atoms with Gasteiger partial charge in [0, 0.05) is 43.3 Å². The van der Waals surface area contributed by atoms with Gasteiger partial charge in [0.2, 0.25) is 0 Å². The molecule has 0 radical (unpaired) electrons. The Balaban J connectivity index is 1.47. The Morgan fingerprint density at radius 1 is 0.875 bits per heavy atom. The molecule has 1 aromatic carbocycles. The van der Waals surface area contributed by atoms with Crippen LogP contribution < -0.4 is 9.80 Å². The third kappa shape index (κ3) is 3.23. The highest BCUT2D eigenvalue weighted by atomic mass is 32.1. The first-order valence-corrected chi connectivity index (χ1v) is 9.07. The Hall–Kier alpha value is -2.47. The molecule has 4 rings (SSSR count). The molecular weight excluding hydrogens is 318 g/mol. The standard InChI is InChI=1S/C18H19N5S/c1-2-6-15(7-3-1)16-14-24-18(20-16)23-11-5-10-22(12-13-23)17-8-4-9-19-21-17/h1-4,6-9,14H,5,10-13H2. The molecule has 0 aliphatic carbocycles. The zero-order chi connectivity index (χ0) is 16.2. The van der Waals surface area contributed by atoms with Crippen LogP contribution in [-0.4, -0.2) is 41.4 Å². The number of hydrogen-bond donors (Lipinski definition) is 0. The summed E-state index contributed by atoms with van der Waals surface area (Å²) in [6.07, 6.45) is 2.81. The molecule has 0 atom stereocenters. The number of rotatable bonds is 3. The van der Waals surface area contributed by atoms with Crippen LogP contribution in [0.2, 0.25) is 0 Å². The lowest BCUT2D eigenvalue weighted by atomic mass is 10.2. The smallest absolute Gasteiger partial charge is 0.185 e. The number of hydrogen-bond acceptors (Lipinski definition) is 6. The van der Waals surface area contributed by atoms with E-state index < -0.39 is 0 Å². The number of anilines is 2. The van der Waals surface area contributed by atoms with Gasteiger partial charge < -0.3 is 9.80 Å². The molecule has 3 aromatic rings. The van der Waals surface area contributed by atoms with Crippen molar-refractivity contribution in [1.29, 1.82) is 0 Å². The zero-order valence-electron chi connectivity index (χ0n) is 13.4. The molecule has 0 N–H and O–H groups in total. The summed E-state index contributed by atoms with van der Waals surface area (Å²) in [6, 6.07) is 14.3. The summed E-state index contributed by atoms with van der Waals surface area (Å²) in [5, 5.41) is 11.5. The Labute approximate surface area is 145 Å². The largest absolute Gasteiger partial charge is 0.353 e. The van der Waals surface area contributed by atoms with Crippen molar-refractivity contribution in [3.63, 3.8) is 0 Å². The molecule has 1 aliphatic rings. The minimum atomic E-state index is 0.943. The van der Waals surface area contributed by atoms with Crippen LogP contribution >= 0.6 is 11.3 Å². The first-order chi connectivity index (χ1) is 11.9. The third-order valence-corrected chi connectivity index (χ3v) is 5.11. The van der Waals surface area contributed by atoms with Crippen molar-refractivity contribution >= 4 is 22.3 Å². The third-order valence-electron chi connectivity index (χ3n) is 4.21. The van der Waals surface area contributed by atoms with E-state index in [2.05, 4.69) is 49.6 Å². The van der Waals surface area contributed by atoms with Crippen LogP contribution in [0.4, 0.5) is 10.9 Å². The maximum absolute atomic E-state index is 4.84. The Kier molecular flexibility index (Phi) is 4.38. The molecule has 1 aliphatic heterocycles. The van der Waals surface area contributed by atoms with Gasteiger partial charge in [-0.05, 0) is 18.6 Å². The van der Waals surface area contributed by atoms with Gasteiger partial charge >= 0.3 is 0 Å². The van der Waals surface area contributed by atoms with E-state index in [0.29, 0.717) is 0 Å². The second-order valence-electron chi connectivity index (χ2n) is 5.79. The van der Waals surface area contributed by atoms with Gasteiger partial charge in [0.05, 0.1) is 5.69 Å². The SMILES string of the molecule is c1ccc(-c2csc(N3CCCN(c4cccnn4)CC3)n2)cc1. The van der Waals surface area contributed by atoms with E-state index in [1.165, 1.54) is 5.56 Å². The Bertz CT molecular complexity index is 774. The quantitative estimate of drug-likeness (QED) is 0.734. The predicted octanol–water partition coefficient (Wildman–Crippen LogP) is 3.32. The van der Waals surface area contributed by atoms with Crippen LogP contribution in [0.5, 0.6) is 0 Å². The van der Waals surface area contributed by atoms with Crippen LogP contribution in [0.1, 0.15) is 6.42 Å². The summed E-state index contributed by atoms with van der Waals surface area (Å²) in [4.78, 5) is 9.53. The van der Waals surface area contributed by atoms with Gasteiger partial charge in [-0.15, -0.1) is 16.4 Å². The molecule has 2 aromatic heterocycles. The second kappa shape index (κ2) is 6.97. The normalized spacial score (nSPS) is 15.3. The summed E-state index contributed by atoms with van der Waals surface area (Å²) in [5.74, 6) is 0.962. The molecule has 6 heteroatoms. The molecule has 1 fully saturated rings. The first kappa shape index (κ1) is 15.1. The van der Waals surface area contributed by atoms with Gasteiger partial charge in [-0.25, -0.2) is 4.98 Å². The first-order valence-electron chi connectivity index (χ1n) is 8.19. The lowest BCUT2D eigenvalue weighted by Crippen LogP contribution is -2.31. The minimum Gasteiger partial charge on any atom is -0.353 e. The van der Waals surface area contributed by atoms with E-state index in [0.717, 1.165) is 49.2 Å². The molecule has 3 heterocycles. The van der Waals surface area contributed by atoms with Crippen molar-refractivity contribution in [3.8, 4) is 11.3 Å². The van der Waals surface area contributed by atoms with Crippen molar-refractivity contribution in [1.82, 2.24) is 15.2 Å². The van der Waals surface area contributed by atoms with E-state index in [9.17, 15) is 0 Å². The lowest BCUT2D eigenvalue weighted by molar-refractivity contribution is 0.786. The fourth-order valence-corrected chi connectivity index (χ4v) is 3.84. The van der Waals surface area contributed by atoms with E-state index >= 15 is 0 Å². The molecule has 0 amide bonds. The maximum Gasteiger partial charge on any atom is 0.185 e. The summed E-state index contributed by atoms with van der Waals surface area (Å²) < 4.78 is 0. The van der Waals surface area contributed by atoms with Gasteiger partial charge in [-0.2, -0.15) is 5.10 Å². The van der Waals surface area contributed by atoms with E-state index in [1.807, 2.05) is 18.2 Å². The van der Waals surface area contributed by atoms with Gasteiger partial charge in [-0.1, -0.05) is 30.3 Å². The summed E-state index contributed by atoms with van der Waals surface area (Å²) in [6.45, 7) is 3.93. The van der Waals surface area contributed by atoms with Crippen molar-refractivity contribution in [2.24, 2.45) is 0 Å². The Morgan fingerprint density at radius 3 is 2.54 bits per heavy atom. The van der Waals surface area contributed by atoms with E-state index in [4.69, 9.17) is 4.98 Å². The van der Waals surface area contributed by atoms with Crippen LogP contribution in [0.3, 0.4) is 0 Å². The van der Waals surface area contributed by atoms with Crippen LogP contribution in [0.25, 0.3) is 11.3 Å². The van der Waals surface area contributed by atoms with Crippen molar-refractivity contribution in [2.45, 2.75) is 6.42 Å². The van der Waals surface area contributed by atoms with Crippen LogP contribution in [0, 0.1) is 0 Å². The summed E-state index contributed by atoms with van der Waals surface area (Å²) in [5.41, 5.74) is 2.24. The highest BCUT2D eigenvalue weighted by Crippen LogP contribution is 2.28. The fourth-order valence-electron chi connectivity index (χ4n) is 2.95. The van der Waals surface area contributed by atoms with Crippen LogP contribution in [-0.2, 0) is 0 Å². The molecular formula is C18H19N5S. The molecule has 0 saturated carbocycles. The average Bonchev–Trinajstić information content (AvgIpc) is 3.01. The van der Waals surface area contributed by atoms with E-state index in [1.54, 1.807) is 17.5 Å². The number of benzene rings is 1. The molecule has 0 unspecified atom stereocenters. The summed E-state index contributed by atoms with van der Waals surface area (Å²) in [7, 11) is 0. The molecule has 1 saturated heterocycles. The van der Waals surface area contributed by atoms with Crippen molar-refractivity contribution < 1.29 is 0 Å². The van der Waals surface area contributed by atoms with Gasteiger partial charge in [0.15, 0.2) is 10.9 Å². The summed E-state index contributed by atoms with van der Waals surface area (Å²) >= 11 is 1.73.